The quantitative estimate of drug-likeness (QED) is 0.741. The van der Waals surface area contributed by atoms with Crippen LogP contribution in [0.2, 0.25) is 0 Å². The predicted molar refractivity (Wildman–Crippen MR) is 61.8 cm³/mol. The van der Waals surface area contributed by atoms with Crippen molar-refractivity contribution in [1.82, 2.24) is 10.2 Å². The monoisotopic (exact) mass is 239 g/mol. The molecule has 0 heterocycles. The largest absolute Gasteiger partial charge is 0.399 e. The number of amides is 2. The predicted octanol–water partition coefficient (Wildman–Crippen LogP) is 0.226. The van der Waals surface area contributed by atoms with Gasteiger partial charge in [-0.2, -0.15) is 0 Å². The van der Waals surface area contributed by atoms with Gasteiger partial charge in [-0.25, -0.2) is 4.39 Å². The number of hydrogen-bond acceptors (Lipinski definition) is 3. The number of rotatable bonds is 3. The van der Waals surface area contributed by atoms with E-state index in [0.29, 0.717) is 0 Å². The lowest BCUT2D eigenvalue weighted by atomic mass is 10.1. The van der Waals surface area contributed by atoms with Gasteiger partial charge in [-0.1, -0.05) is 0 Å². The first-order chi connectivity index (χ1) is 7.93. The average molecular weight is 239 g/mol. The lowest BCUT2D eigenvalue weighted by Crippen LogP contribution is -2.36. The fraction of sp³-hybridized carbons (Fsp3) is 0.273. The van der Waals surface area contributed by atoms with Crippen LogP contribution >= 0.6 is 0 Å². The second-order valence-corrected chi connectivity index (χ2v) is 3.61. The minimum atomic E-state index is -0.582. The van der Waals surface area contributed by atoms with Gasteiger partial charge in [-0.3, -0.25) is 9.59 Å². The molecule has 17 heavy (non-hydrogen) atoms. The summed E-state index contributed by atoms with van der Waals surface area (Å²) in [5, 5.41) is 2.39. The Kier molecular flexibility index (Phi) is 4.03. The van der Waals surface area contributed by atoms with Crippen LogP contribution in [0, 0.1) is 5.82 Å². The lowest BCUT2D eigenvalue weighted by Gasteiger charge is -2.16. The first kappa shape index (κ1) is 13.0. The maximum absolute atomic E-state index is 13.1. The third kappa shape index (κ3) is 3.44. The number of nitrogens with two attached hydrogens (primary N) is 1. The van der Waals surface area contributed by atoms with Gasteiger partial charge in [0.05, 0.1) is 6.54 Å². The van der Waals surface area contributed by atoms with Crippen molar-refractivity contribution < 1.29 is 14.0 Å². The van der Waals surface area contributed by atoms with Crippen LogP contribution in [0.25, 0.3) is 0 Å². The van der Waals surface area contributed by atoms with Crippen LogP contribution in [0.1, 0.15) is 10.4 Å². The molecular weight excluding hydrogens is 225 g/mol. The number of likely N-dealkylation sites (N-methyl/N-ethyl adjacent to an activating group) is 2. The number of nitrogens with one attached hydrogen (secondary N) is 1. The van der Waals surface area contributed by atoms with E-state index in [9.17, 15) is 14.0 Å². The van der Waals surface area contributed by atoms with E-state index in [0.717, 1.165) is 12.1 Å². The van der Waals surface area contributed by atoms with E-state index in [1.807, 2.05) is 0 Å². The van der Waals surface area contributed by atoms with Crippen molar-refractivity contribution >= 4 is 17.5 Å². The summed E-state index contributed by atoms with van der Waals surface area (Å²) in [5.74, 6) is -1.34. The first-order valence-electron chi connectivity index (χ1n) is 4.96. The van der Waals surface area contributed by atoms with E-state index in [1.54, 1.807) is 0 Å². The molecule has 0 aromatic heterocycles. The number of nitrogen functional groups attached to an aromatic ring is 1. The highest BCUT2D eigenvalue weighted by molar-refractivity contribution is 5.97. The summed E-state index contributed by atoms with van der Waals surface area (Å²) in [6.45, 7) is -0.0915. The summed E-state index contributed by atoms with van der Waals surface area (Å²) in [6, 6.07) is 3.57. The van der Waals surface area contributed by atoms with Crippen molar-refractivity contribution in [3.8, 4) is 0 Å². The van der Waals surface area contributed by atoms with Gasteiger partial charge in [0, 0.05) is 25.3 Å². The number of carbonyl (C=O) groups excluding carboxylic acids is 2. The molecule has 92 valence electrons. The van der Waals surface area contributed by atoms with Crippen LogP contribution in [0.4, 0.5) is 10.1 Å². The molecule has 0 atom stereocenters. The Morgan fingerprint density at radius 1 is 1.41 bits per heavy atom. The topological polar surface area (TPSA) is 75.4 Å². The van der Waals surface area contributed by atoms with Crippen molar-refractivity contribution in [2.24, 2.45) is 0 Å². The lowest BCUT2D eigenvalue weighted by molar-refractivity contribution is -0.121. The smallest absolute Gasteiger partial charge is 0.254 e. The maximum Gasteiger partial charge on any atom is 0.254 e. The van der Waals surface area contributed by atoms with Crippen LogP contribution in [-0.2, 0) is 4.79 Å². The molecule has 6 heteroatoms. The average Bonchev–Trinajstić information content (AvgIpc) is 2.26. The second-order valence-electron chi connectivity index (χ2n) is 3.61. The maximum atomic E-state index is 13.1. The van der Waals surface area contributed by atoms with Gasteiger partial charge in [-0.05, 0) is 18.2 Å². The summed E-state index contributed by atoms with van der Waals surface area (Å²) < 4.78 is 13.1. The Labute approximate surface area is 98.4 Å². The molecule has 0 unspecified atom stereocenters. The number of carbonyl (C=O) groups is 2. The van der Waals surface area contributed by atoms with Crippen molar-refractivity contribution in [3.63, 3.8) is 0 Å². The van der Waals surface area contributed by atoms with Gasteiger partial charge in [0.25, 0.3) is 5.91 Å². The van der Waals surface area contributed by atoms with Gasteiger partial charge < -0.3 is 16.0 Å². The van der Waals surface area contributed by atoms with Crippen molar-refractivity contribution in [2.75, 3.05) is 26.4 Å². The molecule has 0 bridgehead atoms. The highest BCUT2D eigenvalue weighted by Gasteiger charge is 2.15. The molecule has 0 radical (unpaired) electrons. The third-order valence-electron chi connectivity index (χ3n) is 2.17. The van der Waals surface area contributed by atoms with E-state index in [2.05, 4.69) is 5.32 Å². The number of hydrogen-bond donors (Lipinski definition) is 2. The zero-order valence-corrected chi connectivity index (χ0v) is 9.66. The molecular formula is C11H14FN3O2. The zero-order chi connectivity index (χ0) is 13.0. The molecule has 3 N–H and O–H groups in total. The van der Waals surface area contributed by atoms with Crippen molar-refractivity contribution in [2.45, 2.75) is 0 Å². The highest BCUT2D eigenvalue weighted by atomic mass is 19.1. The Bertz CT molecular complexity index is 428. The molecule has 1 rings (SSSR count). The van der Waals surface area contributed by atoms with Gasteiger partial charge in [0.2, 0.25) is 5.91 Å². The normalized spacial score (nSPS) is 9.82. The van der Waals surface area contributed by atoms with Gasteiger partial charge in [-0.15, -0.1) is 0 Å². The van der Waals surface area contributed by atoms with Crippen LogP contribution in [0.3, 0.4) is 0 Å². The molecule has 0 fully saturated rings. The second kappa shape index (κ2) is 5.29. The number of benzene rings is 1. The fourth-order valence-corrected chi connectivity index (χ4v) is 1.32. The van der Waals surface area contributed by atoms with E-state index >= 15 is 0 Å². The molecule has 2 amide bonds. The van der Waals surface area contributed by atoms with Crippen LogP contribution in [0.5, 0.6) is 0 Å². The van der Waals surface area contributed by atoms with E-state index in [4.69, 9.17) is 5.73 Å². The summed E-state index contributed by atoms with van der Waals surface area (Å²) in [4.78, 5) is 24.1. The van der Waals surface area contributed by atoms with E-state index in [1.165, 1.54) is 25.1 Å². The minimum absolute atomic E-state index is 0.0915. The molecule has 0 spiro atoms. The van der Waals surface area contributed by atoms with E-state index < -0.39 is 11.7 Å². The fourth-order valence-electron chi connectivity index (χ4n) is 1.32. The molecule has 0 aliphatic rings. The SMILES string of the molecule is CNC(=O)CN(C)C(=O)c1cc(N)cc(F)c1. The first-order valence-corrected chi connectivity index (χ1v) is 4.96. The molecule has 0 aliphatic carbocycles. The summed E-state index contributed by atoms with van der Waals surface area (Å²) in [7, 11) is 2.93. The van der Waals surface area contributed by atoms with Crippen LogP contribution in [0.15, 0.2) is 18.2 Å². The standard InChI is InChI=1S/C11H14FN3O2/c1-14-10(16)6-15(2)11(17)7-3-8(12)5-9(13)4-7/h3-5H,6,13H2,1-2H3,(H,14,16). The number of anilines is 1. The summed E-state index contributed by atoms with van der Waals surface area (Å²) in [6.07, 6.45) is 0. The molecule has 0 saturated carbocycles. The third-order valence-corrected chi connectivity index (χ3v) is 2.17. The van der Waals surface area contributed by atoms with Crippen molar-refractivity contribution in [1.29, 1.82) is 0 Å². The molecule has 5 nitrogen and oxygen atoms in total. The van der Waals surface area contributed by atoms with Crippen molar-refractivity contribution in [3.05, 3.63) is 29.6 Å². The Morgan fingerprint density at radius 2 is 2.06 bits per heavy atom. The zero-order valence-electron chi connectivity index (χ0n) is 9.66. The van der Waals surface area contributed by atoms with E-state index in [-0.39, 0.29) is 23.7 Å². The van der Waals surface area contributed by atoms with Gasteiger partial charge >= 0.3 is 0 Å². The van der Waals surface area contributed by atoms with Gasteiger partial charge in [0.1, 0.15) is 5.82 Å². The Hall–Kier alpha value is -2.11. The highest BCUT2D eigenvalue weighted by Crippen LogP contribution is 2.12. The molecule has 1 aromatic carbocycles. The van der Waals surface area contributed by atoms with Gasteiger partial charge in [0.15, 0.2) is 0 Å². The molecule has 1 aromatic rings. The minimum Gasteiger partial charge on any atom is -0.399 e. The molecule has 0 aliphatic heterocycles. The summed E-state index contributed by atoms with van der Waals surface area (Å²) in [5.41, 5.74) is 5.72. The number of halogens is 1. The number of nitrogens with zero attached hydrogens (tertiary/aromatic N) is 1. The Balaban J connectivity index is 2.85. The van der Waals surface area contributed by atoms with Crippen LogP contribution in [-0.4, -0.2) is 37.4 Å². The summed E-state index contributed by atoms with van der Waals surface area (Å²) >= 11 is 0. The molecule has 0 saturated heterocycles. The van der Waals surface area contributed by atoms with Crippen LogP contribution < -0.4 is 11.1 Å². The Morgan fingerprint density at radius 3 is 2.59 bits per heavy atom.